The molecule has 2 N–H and O–H groups in total. The van der Waals surface area contributed by atoms with Crippen molar-refractivity contribution in [2.45, 2.75) is 0 Å². The topological polar surface area (TPSA) is 96.4 Å². The highest BCUT2D eigenvalue weighted by Crippen LogP contribution is 2.27. The lowest BCUT2D eigenvalue weighted by atomic mass is 10.0. The van der Waals surface area contributed by atoms with Crippen molar-refractivity contribution in [3.05, 3.63) is 47.2 Å². The van der Waals surface area contributed by atoms with Crippen molar-refractivity contribution in [3.8, 4) is 11.1 Å². The zero-order valence-corrected chi connectivity index (χ0v) is 12.4. The van der Waals surface area contributed by atoms with Crippen LogP contribution in [0.2, 0.25) is 5.15 Å². The van der Waals surface area contributed by atoms with Crippen molar-refractivity contribution in [2.24, 2.45) is 0 Å². The van der Waals surface area contributed by atoms with E-state index in [9.17, 15) is 18.3 Å². The van der Waals surface area contributed by atoms with E-state index in [2.05, 4.69) is 9.71 Å². The minimum Gasteiger partial charge on any atom is -0.478 e. The molecule has 0 radical (unpaired) electrons. The Morgan fingerprint density at radius 2 is 2.05 bits per heavy atom. The van der Waals surface area contributed by atoms with E-state index in [0.29, 0.717) is 16.8 Å². The van der Waals surface area contributed by atoms with Crippen LogP contribution in [0.1, 0.15) is 10.4 Å². The maximum Gasteiger partial charge on any atom is 0.336 e. The number of hydrogen-bond donors (Lipinski definition) is 2. The van der Waals surface area contributed by atoms with Gasteiger partial charge in [0.15, 0.2) is 0 Å². The Kier molecular flexibility index (Phi) is 4.15. The van der Waals surface area contributed by atoms with Gasteiger partial charge in [-0.3, -0.25) is 4.72 Å². The lowest BCUT2D eigenvalue weighted by molar-refractivity contribution is 0.0697. The zero-order chi connectivity index (χ0) is 15.6. The van der Waals surface area contributed by atoms with E-state index in [1.54, 1.807) is 18.2 Å². The highest BCUT2D eigenvalue weighted by molar-refractivity contribution is 7.92. The van der Waals surface area contributed by atoms with Crippen molar-refractivity contribution in [1.29, 1.82) is 0 Å². The molecule has 1 aromatic carbocycles. The number of carboxylic acid groups (broad SMARTS) is 1. The molecule has 0 bridgehead atoms. The molecular formula is C13H11ClN2O4S. The maximum atomic E-state index is 11.3. The Balaban J connectivity index is 2.53. The summed E-state index contributed by atoms with van der Waals surface area (Å²) in [6.07, 6.45) is 2.37. The van der Waals surface area contributed by atoms with Gasteiger partial charge in [-0.05, 0) is 23.8 Å². The molecule has 0 amide bonds. The molecule has 6 nitrogen and oxygen atoms in total. The third-order valence-corrected chi connectivity index (χ3v) is 3.39. The van der Waals surface area contributed by atoms with Gasteiger partial charge in [0.05, 0.1) is 11.8 Å². The summed E-state index contributed by atoms with van der Waals surface area (Å²) in [5, 5.41) is 9.28. The number of anilines is 1. The van der Waals surface area contributed by atoms with Gasteiger partial charge in [-0.1, -0.05) is 23.7 Å². The fraction of sp³-hybridized carbons (Fsp3) is 0.0769. The number of aromatic carboxylic acids is 1. The lowest BCUT2D eigenvalue weighted by Crippen LogP contribution is -2.09. The van der Waals surface area contributed by atoms with E-state index in [1.807, 2.05) is 0 Å². The molecule has 0 saturated carbocycles. The van der Waals surface area contributed by atoms with E-state index >= 15 is 0 Å². The molecule has 0 aliphatic rings. The van der Waals surface area contributed by atoms with Gasteiger partial charge in [0.2, 0.25) is 10.0 Å². The highest BCUT2D eigenvalue weighted by atomic mass is 35.5. The number of hydrogen-bond acceptors (Lipinski definition) is 4. The van der Waals surface area contributed by atoms with Crippen molar-refractivity contribution in [1.82, 2.24) is 4.98 Å². The number of carboxylic acids is 1. The third kappa shape index (κ3) is 3.93. The van der Waals surface area contributed by atoms with Crippen LogP contribution in [0.4, 0.5) is 5.69 Å². The van der Waals surface area contributed by atoms with Crippen LogP contribution in [0.15, 0.2) is 36.5 Å². The second-order valence-electron chi connectivity index (χ2n) is 4.31. The van der Waals surface area contributed by atoms with Crippen molar-refractivity contribution in [2.75, 3.05) is 11.0 Å². The summed E-state index contributed by atoms with van der Waals surface area (Å²) in [5.74, 6) is -1.14. The van der Waals surface area contributed by atoms with Gasteiger partial charge >= 0.3 is 5.97 Å². The van der Waals surface area contributed by atoms with Crippen molar-refractivity contribution >= 4 is 33.3 Å². The first-order valence-corrected chi connectivity index (χ1v) is 8.00. The fourth-order valence-corrected chi connectivity index (χ4v) is 2.51. The summed E-state index contributed by atoms with van der Waals surface area (Å²) in [4.78, 5) is 15.1. The third-order valence-electron chi connectivity index (χ3n) is 2.58. The predicted octanol–water partition coefficient (Wildman–Crippen LogP) is 2.47. The van der Waals surface area contributed by atoms with Gasteiger partial charge in [-0.15, -0.1) is 0 Å². The Morgan fingerprint density at radius 1 is 1.33 bits per heavy atom. The SMILES string of the molecule is CS(=O)(=O)Nc1cccc(-c2cnc(Cl)cc2C(=O)O)c1. The van der Waals surface area contributed by atoms with Crippen LogP contribution in [-0.4, -0.2) is 30.7 Å². The second kappa shape index (κ2) is 5.71. The molecule has 110 valence electrons. The molecule has 21 heavy (non-hydrogen) atoms. The Labute approximate surface area is 126 Å². The first-order chi connectivity index (χ1) is 9.76. The molecule has 0 atom stereocenters. The summed E-state index contributed by atoms with van der Waals surface area (Å²) in [6, 6.07) is 7.61. The van der Waals surface area contributed by atoms with Gasteiger partial charge in [-0.2, -0.15) is 0 Å². The largest absolute Gasteiger partial charge is 0.478 e. The summed E-state index contributed by atoms with van der Waals surface area (Å²) in [7, 11) is -3.41. The van der Waals surface area contributed by atoms with Gasteiger partial charge in [0.1, 0.15) is 5.15 Å². The number of sulfonamides is 1. The van der Waals surface area contributed by atoms with Crippen LogP contribution in [0.5, 0.6) is 0 Å². The lowest BCUT2D eigenvalue weighted by Gasteiger charge is -2.09. The Morgan fingerprint density at radius 3 is 2.67 bits per heavy atom. The van der Waals surface area contributed by atoms with Crippen LogP contribution in [-0.2, 0) is 10.0 Å². The number of pyridine rings is 1. The predicted molar refractivity (Wildman–Crippen MR) is 80.1 cm³/mol. The van der Waals surface area contributed by atoms with Crippen LogP contribution < -0.4 is 4.72 Å². The van der Waals surface area contributed by atoms with E-state index in [-0.39, 0.29) is 10.7 Å². The average Bonchev–Trinajstić information content (AvgIpc) is 2.36. The number of nitrogens with one attached hydrogen (secondary N) is 1. The summed E-state index contributed by atoms with van der Waals surface area (Å²) in [6.45, 7) is 0. The zero-order valence-electron chi connectivity index (χ0n) is 10.9. The molecule has 2 rings (SSSR count). The molecule has 0 unspecified atom stereocenters. The van der Waals surface area contributed by atoms with Crippen molar-refractivity contribution < 1.29 is 18.3 Å². The molecule has 0 aliphatic heterocycles. The van der Waals surface area contributed by atoms with Crippen LogP contribution in [0.3, 0.4) is 0 Å². The number of aromatic nitrogens is 1. The highest BCUT2D eigenvalue weighted by Gasteiger charge is 2.14. The second-order valence-corrected chi connectivity index (χ2v) is 6.45. The van der Waals surface area contributed by atoms with E-state index < -0.39 is 16.0 Å². The van der Waals surface area contributed by atoms with Gasteiger partial charge in [-0.25, -0.2) is 18.2 Å². The molecule has 2 aromatic rings. The average molecular weight is 327 g/mol. The van der Waals surface area contributed by atoms with E-state index in [4.69, 9.17) is 11.6 Å². The van der Waals surface area contributed by atoms with Crippen LogP contribution in [0, 0.1) is 0 Å². The van der Waals surface area contributed by atoms with E-state index in [0.717, 1.165) is 6.26 Å². The number of carbonyl (C=O) groups is 1. The molecule has 1 heterocycles. The summed E-state index contributed by atoms with van der Waals surface area (Å²) >= 11 is 5.70. The molecule has 0 spiro atoms. The molecule has 0 saturated heterocycles. The van der Waals surface area contributed by atoms with E-state index in [1.165, 1.54) is 18.3 Å². The van der Waals surface area contributed by atoms with Crippen LogP contribution >= 0.6 is 11.6 Å². The van der Waals surface area contributed by atoms with Gasteiger partial charge < -0.3 is 5.11 Å². The molecule has 1 aromatic heterocycles. The van der Waals surface area contributed by atoms with Gasteiger partial charge in [0, 0.05) is 17.4 Å². The Bertz CT molecular complexity index is 806. The molecule has 0 fully saturated rings. The molecular weight excluding hydrogens is 316 g/mol. The smallest absolute Gasteiger partial charge is 0.336 e. The van der Waals surface area contributed by atoms with Crippen LogP contribution in [0.25, 0.3) is 11.1 Å². The fourth-order valence-electron chi connectivity index (χ4n) is 1.80. The number of benzene rings is 1. The normalized spacial score (nSPS) is 11.1. The summed E-state index contributed by atoms with van der Waals surface area (Å²) in [5.41, 5.74) is 1.20. The standard InChI is InChI=1S/C13H11ClN2O4S/c1-21(19,20)16-9-4-2-3-8(5-9)11-7-15-12(14)6-10(11)13(17)18/h2-7,16H,1H3,(H,17,18). The number of rotatable bonds is 4. The number of halogens is 1. The quantitative estimate of drug-likeness (QED) is 0.841. The van der Waals surface area contributed by atoms with Crippen molar-refractivity contribution in [3.63, 3.8) is 0 Å². The first kappa shape index (κ1) is 15.3. The Hall–Kier alpha value is -2.12. The maximum absolute atomic E-state index is 11.3. The summed E-state index contributed by atoms with van der Waals surface area (Å²) < 4.78 is 24.8. The minimum absolute atomic E-state index is 0.00787. The monoisotopic (exact) mass is 326 g/mol. The minimum atomic E-state index is -3.41. The first-order valence-electron chi connectivity index (χ1n) is 5.73. The number of nitrogens with zero attached hydrogens (tertiary/aromatic N) is 1. The van der Waals surface area contributed by atoms with Gasteiger partial charge in [0.25, 0.3) is 0 Å². The molecule has 0 aliphatic carbocycles. The molecule has 8 heteroatoms.